The second-order valence-corrected chi connectivity index (χ2v) is 17.0. The van der Waals surface area contributed by atoms with Gasteiger partial charge in [0.1, 0.15) is 24.8 Å². The van der Waals surface area contributed by atoms with Crippen LogP contribution in [0.1, 0.15) is 18.4 Å². The van der Waals surface area contributed by atoms with Crippen LogP contribution in [0.4, 0.5) is 21.2 Å². The highest BCUT2D eigenvalue weighted by Gasteiger charge is 2.55. The van der Waals surface area contributed by atoms with Crippen LogP contribution in [-0.2, 0) is 25.6 Å². The summed E-state index contributed by atoms with van der Waals surface area (Å²) in [6.07, 6.45) is -0.0833. The Bertz CT molecular complexity index is 1230. The molecule has 0 atom stereocenters. The summed E-state index contributed by atoms with van der Waals surface area (Å²) in [5.74, 6) is 0.878. The van der Waals surface area contributed by atoms with Crippen LogP contribution < -0.4 is 19.9 Å². The van der Waals surface area contributed by atoms with E-state index in [1.165, 1.54) is 9.80 Å². The van der Waals surface area contributed by atoms with Gasteiger partial charge in [-0.2, -0.15) is 0 Å². The molecule has 0 unspecified atom stereocenters. The largest absolute Gasteiger partial charge is 0.480 e. The molecule has 1 aromatic heterocycles. The molecule has 1 saturated carbocycles. The van der Waals surface area contributed by atoms with Gasteiger partial charge in [-0.3, -0.25) is 14.6 Å². The van der Waals surface area contributed by atoms with Crippen molar-refractivity contribution in [3.05, 3.63) is 48.0 Å². The molecule has 3 heterocycles. The molecule has 1 N–H and O–H groups in total. The number of benzene rings is 1. The van der Waals surface area contributed by atoms with Gasteiger partial charge >= 0.3 is 12.2 Å². The Hall–Kier alpha value is -3.64. The van der Waals surface area contributed by atoms with Crippen molar-refractivity contribution in [2.24, 2.45) is 0 Å². The van der Waals surface area contributed by atoms with Gasteiger partial charge in [0, 0.05) is 33.6 Å². The summed E-state index contributed by atoms with van der Waals surface area (Å²) >= 11 is 0. The van der Waals surface area contributed by atoms with Crippen LogP contribution in [0.5, 0.6) is 5.75 Å². The molecule has 1 aromatic carbocycles. The number of pyridine rings is 1. The molecule has 3 aliphatic rings. The lowest BCUT2D eigenvalue weighted by Crippen LogP contribution is -2.57. The molecule has 1 spiro atoms. The van der Waals surface area contributed by atoms with Crippen LogP contribution in [0.2, 0.25) is 25.7 Å². The van der Waals surface area contributed by atoms with Gasteiger partial charge in [-0.15, -0.1) is 0 Å². The van der Waals surface area contributed by atoms with E-state index in [0.29, 0.717) is 36.8 Å². The SMILES string of the molecule is C[Si](C)(C)CCOCN1C(=O)COc2ccc(N3C[C@]4(C[C@H](NC(=O)OCc5ccccc5)C4)OC3=O)nc21. The average Bonchev–Trinajstić information content (AvgIpc) is 3.23. The van der Waals surface area contributed by atoms with Crippen molar-refractivity contribution in [2.45, 2.75) is 56.8 Å². The predicted octanol–water partition coefficient (Wildman–Crippen LogP) is 3.90. The summed E-state index contributed by atoms with van der Waals surface area (Å²) in [5, 5.41) is 2.83. The number of hydrogen-bond acceptors (Lipinski definition) is 8. The van der Waals surface area contributed by atoms with Crippen LogP contribution in [0, 0.1) is 0 Å². The number of nitrogens with one attached hydrogen (secondary N) is 1. The third-order valence-electron chi connectivity index (χ3n) is 6.97. The zero-order valence-electron chi connectivity index (χ0n) is 22.5. The maximum atomic E-state index is 12.8. The Labute approximate surface area is 228 Å². The number of fused-ring (bicyclic) bond motifs is 1. The number of hydrogen-bond donors (Lipinski definition) is 1. The van der Waals surface area contributed by atoms with Crippen molar-refractivity contribution >= 4 is 37.8 Å². The zero-order chi connectivity index (χ0) is 27.6. The highest BCUT2D eigenvalue weighted by molar-refractivity contribution is 6.76. The first-order chi connectivity index (χ1) is 18.6. The minimum absolute atomic E-state index is 0.0677. The van der Waals surface area contributed by atoms with Crippen molar-refractivity contribution in [3.8, 4) is 5.75 Å². The second kappa shape index (κ2) is 10.9. The molecule has 5 rings (SSSR count). The standard InChI is InChI=1S/C27H34N4O7Si/c1-39(2,3)12-11-35-18-31-23(32)16-36-21-9-10-22(29-24(21)31)30-17-27(38-26(30)34)13-20(14-27)28-25(33)37-15-19-7-5-4-6-8-19/h4-10,20H,11-18H2,1-3H3,(H,28,33)/t20-,27+. The van der Waals surface area contributed by atoms with Gasteiger partial charge < -0.3 is 24.3 Å². The lowest BCUT2D eigenvalue weighted by Gasteiger charge is -2.42. The fourth-order valence-electron chi connectivity index (χ4n) is 4.77. The highest BCUT2D eigenvalue weighted by atomic mass is 28.3. The minimum atomic E-state index is -1.27. The first kappa shape index (κ1) is 26.9. The summed E-state index contributed by atoms with van der Waals surface area (Å²) < 4.78 is 22.4. The Balaban J connectivity index is 1.17. The predicted molar refractivity (Wildman–Crippen MR) is 146 cm³/mol. The van der Waals surface area contributed by atoms with Crippen LogP contribution >= 0.6 is 0 Å². The minimum Gasteiger partial charge on any atom is -0.480 e. The van der Waals surface area contributed by atoms with E-state index in [1.807, 2.05) is 30.3 Å². The van der Waals surface area contributed by atoms with Crippen molar-refractivity contribution in [1.29, 1.82) is 0 Å². The maximum Gasteiger partial charge on any atom is 0.416 e. The average molecular weight is 555 g/mol. The Kier molecular flexibility index (Phi) is 7.50. The molecule has 1 aliphatic carbocycles. The molecule has 0 bridgehead atoms. The summed E-state index contributed by atoms with van der Waals surface area (Å²) in [6, 6.07) is 13.6. The van der Waals surface area contributed by atoms with Crippen molar-refractivity contribution < 1.29 is 33.3 Å². The van der Waals surface area contributed by atoms with E-state index in [2.05, 4.69) is 29.9 Å². The number of ether oxygens (including phenoxy) is 4. The molecule has 2 aromatic rings. The normalized spacial score (nSPS) is 22.2. The first-order valence-corrected chi connectivity index (χ1v) is 16.8. The van der Waals surface area contributed by atoms with E-state index in [9.17, 15) is 14.4 Å². The Morgan fingerprint density at radius 3 is 2.67 bits per heavy atom. The Morgan fingerprint density at radius 2 is 1.92 bits per heavy atom. The van der Waals surface area contributed by atoms with Crippen LogP contribution in [0.25, 0.3) is 0 Å². The molecule has 2 fully saturated rings. The molecule has 39 heavy (non-hydrogen) atoms. The van der Waals surface area contributed by atoms with Gasteiger partial charge in [-0.1, -0.05) is 50.0 Å². The highest BCUT2D eigenvalue weighted by Crippen LogP contribution is 2.43. The first-order valence-electron chi connectivity index (χ1n) is 13.1. The number of alkyl carbamates (subject to hydrolysis) is 1. The number of nitrogens with zero attached hydrogens (tertiary/aromatic N) is 3. The number of aromatic nitrogens is 1. The lowest BCUT2D eigenvalue weighted by molar-refractivity contribution is -0.122. The molecule has 3 amide bonds. The van der Waals surface area contributed by atoms with E-state index < -0.39 is 25.9 Å². The Morgan fingerprint density at radius 1 is 1.15 bits per heavy atom. The smallest absolute Gasteiger partial charge is 0.416 e. The number of rotatable bonds is 9. The fraction of sp³-hybridized carbons (Fsp3) is 0.481. The van der Waals surface area contributed by atoms with Gasteiger partial charge in [-0.25, -0.2) is 14.6 Å². The number of carbonyl (C=O) groups is 3. The van der Waals surface area contributed by atoms with E-state index in [1.54, 1.807) is 12.1 Å². The summed E-state index contributed by atoms with van der Waals surface area (Å²) in [6.45, 7) is 7.80. The molecule has 2 aliphatic heterocycles. The van der Waals surface area contributed by atoms with Gasteiger partial charge in [0.25, 0.3) is 5.91 Å². The molecule has 12 heteroatoms. The van der Waals surface area contributed by atoms with Gasteiger partial charge in [-0.05, 0) is 23.7 Å². The van der Waals surface area contributed by atoms with Gasteiger partial charge in [0.15, 0.2) is 18.2 Å². The molecule has 11 nitrogen and oxygen atoms in total. The fourth-order valence-corrected chi connectivity index (χ4v) is 5.53. The molecule has 1 saturated heterocycles. The molecule has 208 valence electrons. The molecule has 0 radical (unpaired) electrons. The maximum absolute atomic E-state index is 12.8. The molecular weight excluding hydrogens is 520 g/mol. The van der Waals surface area contributed by atoms with E-state index in [0.717, 1.165) is 11.6 Å². The van der Waals surface area contributed by atoms with Gasteiger partial charge in [0.2, 0.25) is 0 Å². The molecular formula is C27H34N4O7Si. The third kappa shape index (κ3) is 6.33. The monoisotopic (exact) mass is 554 g/mol. The summed E-state index contributed by atoms with van der Waals surface area (Å²) in [4.78, 5) is 45.1. The number of amides is 3. The summed E-state index contributed by atoms with van der Waals surface area (Å²) in [7, 11) is -1.27. The van der Waals surface area contributed by atoms with Crippen molar-refractivity contribution in [3.63, 3.8) is 0 Å². The quantitative estimate of drug-likeness (QED) is 0.366. The topological polar surface area (TPSA) is 120 Å². The van der Waals surface area contributed by atoms with Crippen LogP contribution in [0.3, 0.4) is 0 Å². The van der Waals surface area contributed by atoms with Crippen LogP contribution in [0.15, 0.2) is 42.5 Å². The summed E-state index contributed by atoms with van der Waals surface area (Å²) in [5.41, 5.74) is 0.192. The van der Waals surface area contributed by atoms with Gasteiger partial charge in [0.05, 0.1) is 6.54 Å². The van der Waals surface area contributed by atoms with Crippen molar-refractivity contribution in [1.82, 2.24) is 10.3 Å². The van der Waals surface area contributed by atoms with E-state index in [-0.39, 0.29) is 38.4 Å². The van der Waals surface area contributed by atoms with Crippen LogP contribution in [-0.4, -0.2) is 69.3 Å². The number of anilines is 2. The van der Waals surface area contributed by atoms with Crippen molar-refractivity contribution in [2.75, 3.05) is 36.3 Å². The second-order valence-electron chi connectivity index (χ2n) is 11.4. The third-order valence-corrected chi connectivity index (χ3v) is 8.67. The zero-order valence-corrected chi connectivity index (χ0v) is 23.5. The van der Waals surface area contributed by atoms with E-state index in [4.69, 9.17) is 18.9 Å². The lowest BCUT2D eigenvalue weighted by atomic mass is 9.75. The number of carbonyl (C=O) groups excluding carboxylic acids is 3. The van der Waals surface area contributed by atoms with E-state index >= 15 is 0 Å².